The summed E-state index contributed by atoms with van der Waals surface area (Å²) in [6.07, 6.45) is 0.898. The van der Waals surface area contributed by atoms with Crippen molar-refractivity contribution in [3.63, 3.8) is 0 Å². The highest BCUT2D eigenvalue weighted by molar-refractivity contribution is 5.95. The van der Waals surface area contributed by atoms with Crippen molar-refractivity contribution in [2.45, 2.75) is 32.5 Å². The Hall–Kier alpha value is -3.30. The third kappa shape index (κ3) is 4.47. The van der Waals surface area contributed by atoms with Gasteiger partial charge in [0.2, 0.25) is 0 Å². The first-order valence-corrected chi connectivity index (χ1v) is 9.11. The summed E-state index contributed by atoms with van der Waals surface area (Å²) >= 11 is 0. The molecule has 0 spiro atoms. The summed E-state index contributed by atoms with van der Waals surface area (Å²) in [4.78, 5) is 28.4. The van der Waals surface area contributed by atoms with E-state index in [1.165, 1.54) is 38.1 Å². The van der Waals surface area contributed by atoms with Crippen molar-refractivity contribution in [3.8, 4) is 11.1 Å². The molecule has 160 valence electrons. The Balaban J connectivity index is 2.01. The van der Waals surface area contributed by atoms with E-state index in [-0.39, 0.29) is 17.2 Å². The van der Waals surface area contributed by atoms with Crippen LogP contribution in [0.2, 0.25) is 0 Å². The van der Waals surface area contributed by atoms with E-state index in [4.69, 9.17) is 9.15 Å². The highest BCUT2D eigenvalue weighted by atomic mass is 19.4. The van der Waals surface area contributed by atoms with Gasteiger partial charge in [-0.3, -0.25) is 4.79 Å². The van der Waals surface area contributed by atoms with Crippen LogP contribution in [-0.4, -0.2) is 34.4 Å². The standard InChI is InChI=1S/C20H20F3N3O4/c1-11(2)6-15(19(28)29-3)25-18(27)16-9-26-8-13(12-4-5-30-10-12)7-14(17(26)24-16)20(21,22)23/h4-5,7-11,15H,6H2,1-3H3,(H,25,27). The molecule has 0 aliphatic heterocycles. The van der Waals surface area contributed by atoms with Gasteiger partial charge in [0, 0.05) is 23.5 Å². The number of amides is 1. The van der Waals surface area contributed by atoms with Crippen molar-refractivity contribution in [3.05, 3.63) is 48.3 Å². The summed E-state index contributed by atoms with van der Waals surface area (Å²) in [5.41, 5.74) is -0.960. The molecule has 1 amide bonds. The normalized spacial score (nSPS) is 12.9. The molecule has 0 aliphatic rings. The molecule has 3 aromatic heterocycles. The topological polar surface area (TPSA) is 85.8 Å². The van der Waals surface area contributed by atoms with E-state index in [0.717, 1.165) is 10.5 Å². The van der Waals surface area contributed by atoms with Gasteiger partial charge in [-0.1, -0.05) is 13.8 Å². The van der Waals surface area contributed by atoms with Crippen LogP contribution in [0.5, 0.6) is 0 Å². The van der Waals surface area contributed by atoms with Gasteiger partial charge in [0.25, 0.3) is 5.91 Å². The number of rotatable bonds is 6. The number of hydrogen-bond donors (Lipinski definition) is 1. The molecule has 7 nitrogen and oxygen atoms in total. The zero-order valence-electron chi connectivity index (χ0n) is 16.5. The van der Waals surface area contributed by atoms with E-state index in [1.807, 2.05) is 13.8 Å². The smallest absolute Gasteiger partial charge is 0.420 e. The molecule has 0 fully saturated rings. The summed E-state index contributed by atoms with van der Waals surface area (Å²) in [5, 5.41) is 2.49. The molecule has 1 N–H and O–H groups in total. The first-order chi connectivity index (χ1) is 14.1. The van der Waals surface area contributed by atoms with Crippen LogP contribution < -0.4 is 5.32 Å². The third-order valence-electron chi connectivity index (χ3n) is 4.44. The summed E-state index contributed by atoms with van der Waals surface area (Å²) in [6.45, 7) is 3.72. The lowest BCUT2D eigenvalue weighted by molar-refractivity contribution is -0.143. The van der Waals surface area contributed by atoms with Crippen LogP contribution in [0.3, 0.4) is 0 Å². The molecule has 0 aliphatic carbocycles. The van der Waals surface area contributed by atoms with Gasteiger partial charge in [-0.05, 0) is 24.5 Å². The predicted molar refractivity (Wildman–Crippen MR) is 101 cm³/mol. The monoisotopic (exact) mass is 423 g/mol. The number of pyridine rings is 1. The number of carbonyl (C=O) groups excluding carboxylic acids is 2. The van der Waals surface area contributed by atoms with E-state index >= 15 is 0 Å². The molecule has 3 heterocycles. The fourth-order valence-corrected chi connectivity index (χ4v) is 3.06. The molecule has 3 rings (SSSR count). The molecule has 10 heteroatoms. The zero-order chi connectivity index (χ0) is 22.1. The third-order valence-corrected chi connectivity index (χ3v) is 4.44. The van der Waals surface area contributed by atoms with E-state index in [2.05, 4.69) is 10.3 Å². The Morgan fingerprint density at radius 2 is 2.00 bits per heavy atom. The van der Waals surface area contributed by atoms with Crippen LogP contribution in [0.1, 0.15) is 36.3 Å². The molecule has 3 aromatic rings. The fourth-order valence-electron chi connectivity index (χ4n) is 3.06. The van der Waals surface area contributed by atoms with E-state index < -0.39 is 35.3 Å². The van der Waals surface area contributed by atoms with Gasteiger partial charge >= 0.3 is 12.1 Å². The van der Waals surface area contributed by atoms with Crippen LogP contribution in [0.15, 0.2) is 41.5 Å². The Labute approximate surface area is 169 Å². The first-order valence-electron chi connectivity index (χ1n) is 9.11. The van der Waals surface area contributed by atoms with Gasteiger partial charge < -0.3 is 18.9 Å². The fraction of sp³-hybridized carbons (Fsp3) is 0.350. The van der Waals surface area contributed by atoms with Crippen molar-refractivity contribution in [2.75, 3.05) is 7.11 Å². The summed E-state index contributed by atoms with van der Waals surface area (Å²) < 4.78 is 51.6. The molecular weight excluding hydrogens is 403 g/mol. The van der Waals surface area contributed by atoms with Crippen molar-refractivity contribution in [1.29, 1.82) is 0 Å². The van der Waals surface area contributed by atoms with Gasteiger partial charge in [0.1, 0.15) is 17.4 Å². The van der Waals surface area contributed by atoms with Gasteiger partial charge in [-0.15, -0.1) is 0 Å². The van der Waals surface area contributed by atoms with Gasteiger partial charge in [0.15, 0.2) is 0 Å². The molecule has 1 atom stereocenters. The first kappa shape index (κ1) is 21.4. The number of nitrogens with one attached hydrogen (secondary N) is 1. The zero-order valence-corrected chi connectivity index (χ0v) is 16.5. The minimum atomic E-state index is -4.69. The molecule has 0 radical (unpaired) electrons. The van der Waals surface area contributed by atoms with Crippen LogP contribution in [0.4, 0.5) is 13.2 Å². The minimum absolute atomic E-state index is 0.0739. The summed E-state index contributed by atoms with van der Waals surface area (Å²) in [5.74, 6) is -1.34. The summed E-state index contributed by atoms with van der Waals surface area (Å²) in [6, 6.07) is 1.54. The maximum Gasteiger partial charge on any atom is 0.420 e. The average molecular weight is 423 g/mol. The predicted octanol–water partition coefficient (Wildman–Crippen LogP) is 3.93. The average Bonchev–Trinajstić information content (AvgIpc) is 3.34. The van der Waals surface area contributed by atoms with Crippen LogP contribution in [0, 0.1) is 5.92 Å². The number of nitrogens with zero attached hydrogens (tertiary/aromatic N) is 2. The molecule has 30 heavy (non-hydrogen) atoms. The van der Waals surface area contributed by atoms with Gasteiger partial charge in [0.05, 0.1) is 25.2 Å². The molecular formula is C20H20F3N3O4. The Bertz CT molecular complexity index is 1060. The highest BCUT2D eigenvalue weighted by Crippen LogP contribution is 2.35. The maximum absolute atomic E-state index is 13.6. The van der Waals surface area contributed by atoms with Crippen molar-refractivity contribution in [2.24, 2.45) is 5.92 Å². The number of alkyl halides is 3. The van der Waals surface area contributed by atoms with Crippen molar-refractivity contribution >= 4 is 17.5 Å². The van der Waals surface area contributed by atoms with E-state index in [9.17, 15) is 22.8 Å². The lowest BCUT2D eigenvalue weighted by Gasteiger charge is -2.17. The molecule has 0 bridgehead atoms. The highest BCUT2D eigenvalue weighted by Gasteiger charge is 2.35. The number of furan rings is 1. The second kappa shape index (κ2) is 8.21. The van der Waals surface area contributed by atoms with E-state index in [1.54, 1.807) is 0 Å². The Kier molecular flexibility index (Phi) is 5.86. The van der Waals surface area contributed by atoms with Crippen molar-refractivity contribution < 1.29 is 31.9 Å². The number of methoxy groups -OCH3 is 1. The molecule has 0 aromatic carbocycles. The second-order valence-corrected chi connectivity index (χ2v) is 7.19. The maximum atomic E-state index is 13.6. The quantitative estimate of drug-likeness (QED) is 0.607. The number of esters is 1. The molecule has 0 saturated carbocycles. The Morgan fingerprint density at radius 3 is 2.57 bits per heavy atom. The lowest BCUT2D eigenvalue weighted by Crippen LogP contribution is -2.42. The molecule has 1 unspecified atom stereocenters. The Morgan fingerprint density at radius 1 is 1.27 bits per heavy atom. The lowest BCUT2D eigenvalue weighted by atomic mass is 10.0. The van der Waals surface area contributed by atoms with Gasteiger partial charge in [-0.25, -0.2) is 9.78 Å². The minimum Gasteiger partial charge on any atom is -0.472 e. The number of carbonyl (C=O) groups is 2. The van der Waals surface area contributed by atoms with Crippen LogP contribution >= 0.6 is 0 Å². The number of halogens is 3. The van der Waals surface area contributed by atoms with Crippen molar-refractivity contribution in [1.82, 2.24) is 14.7 Å². The second-order valence-electron chi connectivity index (χ2n) is 7.19. The van der Waals surface area contributed by atoms with Crippen LogP contribution in [0.25, 0.3) is 16.8 Å². The summed E-state index contributed by atoms with van der Waals surface area (Å²) in [7, 11) is 1.19. The largest absolute Gasteiger partial charge is 0.472 e. The number of imidazole rings is 1. The number of ether oxygens (including phenoxy) is 1. The van der Waals surface area contributed by atoms with Crippen LogP contribution in [-0.2, 0) is 15.7 Å². The van der Waals surface area contributed by atoms with Gasteiger partial charge in [-0.2, -0.15) is 13.2 Å². The number of hydrogen-bond acceptors (Lipinski definition) is 5. The number of aromatic nitrogens is 2. The molecule has 0 saturated heterocycles. The SMILES string of the molecule is COC(=O)C(CC(C)C)NC(=O)c1cn2cc(-c3ccoc3)cc(C(F)(F)F)c2n1. The van der Waals surface area contributed by atoms with E-state index in [0.29, 0.717) is 12.0 Å². The number of fused-ring (bicyclic) bond motifs is 1.